The molecule has 2 aromatic rings. The summed E-state index contributed by atoms with van der Waals surface area (Å²) in [5.41, 5.74) is 6.63. The van der Waals surface area contributed by atoms with Crippen molar-refractivity contribution in [3.05, 3.63) is 52.0 Å². The Morgan fingerprint density at radius 2 is 2.17 bits per heavy atom. The van der Waals surface area contributed by atoms with Crippen LogP contribution in [0.5, 0.6) is 0 Å². The fourth-order valence-corrected chi connectivity index (χ4v) is 2.95. The number of pyridine rings is 1. The van der Waals surface area contributed by atoms with Crippen LogP contribution in [0.2, 0.25) is 0 Å². The molecule has 0 amide bonds. The Morgan fingerprint density at radius 1 is 1.33 bits per heavy atom. The molecule has 18 heavy (non-hydrogen) atoms. The molecule has 4 heteroatoms. The first kappa shape index (κ1) is 13.2. The van der Waals surface area contributed by atoms with E-state index in [1.54, 1.807) is 17.5 Å². The molecule has 3 nitrogen and oxygen atoms in total. The highest BCUT2D eigenvalue weighted by Crippen LogP contribution is 2.33. The molecular formula is C14H18N2OS. The van der Waals surface area contributed by atoms with Gasteiger partial charge in [0.1, 0.15) is 0 Å². The number of aliphatic hydroxyl groups excluding tert-OH is 1. The molecule has 0 saturated heterocycles. The SMILES string of the molecule is CCc1ccc(C(O)C(CN)c2ccccn2)s1. The molecule has 0 bridgehead atoms. The third-order valence-corrected chi connectivity index (χ3v) is 4.33. The lowest BCUT2D eigenvalue weighted by Crippen LogP contribution is -2.20. The van der Waals surface area contributed by atoms with Crippen molar-refractivity contribution < 1.29 is 5.11 Å². The Labute approximate surface area is 111 Å². The lowest BCUT2D eigenvalue weighted by atomic mass is 9.97. The van der Waals surface area contributed by atoms with Gasteiger partial charge in [0.2, 0.25) is 0 Å². The second-order valence-corrected chi connectivity index (χ2v) is 5.40. The third kappa shape index (κ3) is 2.77. The summed E-state index contributed by atoms with van der Waals surface area (Å²) in [6.45, 7) is 2.50. The van der Waals surface area contributed by atoms with Gasteiger partial charge in [-0.05, 0) is 30.7 Å². The molecule has 96 valence electrons. The Bertz CT molecular complexity index is 484. The quantitative estimate of drug-likeness (QED) is 0.870. The van der Waals surface area contributed by atoms with Crippen LogP contribution in [0.1, 0.15) is 34.4 Å². The lowest BCUT2D eigenvalue weighted by Gasteiger charge is -2.19. The Morgan fingerprint density at radius 3 is 2.72 bits per heavy atom. The summed E-state index contributed by atoms with van der Waals surface area (Å²) in [5, 5.41) is 10.4. The van der Waals surface area contributed by atoms with Crippen LogP contribution in [0.4, 0.5) is 0 Å². The van der Waals surface area contributed by atoms with E-state index in [2.05, 4.69) is 18.0 Å². The fraction of sp³-hybridized carbons (Fsp3) is 0.357. The van der Waals surface area contributed by atoms with E-state index >= 15 is 0 Å². The number of hydrogen-bond acceptors (Lipinski definition) is 4. The highest BCUT2D eigenvalue weighted by molar-refractivity contribution is 7.12. The van der Waals surface area contributed by atoms with Gasteiger partial charge < -0.3 is 10.8 Å². The van der Waals surface area contributed by atoms with Gasteiger partial charge in [-0.2, -0.15) is 0 Å². The summed E-state index contributed by atoms with van der Waals surface area (Å²) in [5.74, 6) is -0.144. The van der Waals surface area contributed by atoms with Crippen molar-refractivity contribution in [3.63, 3.8) is 0 Å². The van der Waals surface area contributed by atoms with E-state index in [9.17, 15) is 5.11 Å². The molecule has 2 unspecified atom stereocenters. The number of thiophene rings is 1. The zero-order chi connectivity index (χ0) is 13.0. The largest absolute Gasteiger partial charge is 0.387 e. The summed E-state index contributed by atoms with van der Waals surface area (Å²) in [6, 6.07) is 9.75. The highest BCUT2D eigenvalue weighted by atomic mass is 32.1. The number of rotatable bonds is 5. The van der Waals surface area contributed by atoms with Crippen molar-refractivity contribution in [2.75, 3.05) is 6.54 Å². The smallest absolute Gasteiger partial charge is 0.0977 e. The molecule has 0 fully saturated rings. The summed E-state index contributed by atoms with van der Waals surface area (Å²) < 4.78 is 0. The Hall–Kier alpha value is -1.23. The molecule has 0 aromatic carbocycles. The molecule has 0 aliphatic heterocycles. The van der Waals surface area contributed by atoms with E-state index in [1.165, 1.54) is 4.88 Å². The normalized spacial score (nSPS) is 14.4. The van der Waals surface area contributed by atoms with Gasteiger partial charge in [0.25, 0.3) is 0 Å². The van der Waals surface area contributed by atoms with Gasteiger partial charge in [0.05, 0.1) is 6.10 Å². The standard InChI is InChI=1S/C14H18N2OS/c1-2-10-6-7-13(18-10)14(17)11(9-15)12-5-3-4-8-16-12/h3-8,11,14,17H,2,9,15H2,1H3. The molecule has 2 atom stereocenters. The van der Waals surface area contributed by atoms with Crippen molar-refractivity contribution >= 4 is 11.3 Å². The average molecular weight is 262 g/mol. The molecule has 0 spiro atoms. The second kappa shape index (κ2) is 6.09. The number of nitrogens with zero attached hydrogens (tertiary/aromatic N) is 1. The molecule has 0 aliphatic rings. The molecule has 0 aliphatic carbocycles. The Balaban J connectivity index is 2.22. The van der Waals surface area contributed by atoms with Crippen LogP contribution in [0.25, 0.3) is 0 Å². The maximum Gasteiger partial charge on any atom is 0.0977 e. The van der Waals surface area contributed by atoms with Crippen molar-refractivity contribution in [1.82, 2.24) is 4.98 Å². The minimum Gasteiger partial charge on any atom is -0.387 e. The summed E-state index contributed by atoms with van der Waals surface area (Å²) >= 11 is 1.65. The van der Waals surface area contributed by atoms with Gasteiger partial charge >= 0.3 is 0 Å². The van der Waals surface area contributed by atoms with Crippen molar-refractivity contribution in [2.24, 2.45) is 5.73 Å². The van der Waals surface area contributed by atoms with Crippen LogP contribution in [-0.2, 0) is 6.42 Å². The molecule has 2 rings (SSSR count). The van der Waals surface area contributed by atoms with Gasteiger partial charge in [-0.15, -0.1) is 11.3 Å². The van der Waals surface area contributed by atoms with Gasteiger partial charge in [-0.1, -0.05) is 13.0 Å². The van der Waals surface area contributed by atoms with Crippen LogP contribution in [0, 0.1) is 0 Å². The molecule has 0 saturated carbocycles. The van der Waals surface area contributed by atoms with E-state index in [0.717, 1.165) is 17.0 Å². The van der Waals surface area contributed by atoms with E-state index in [4.69, 9.17) is 5.73 Å². The number of nitrogens with two attached hydrogens (primary N) is 1. The maximum absolute atomic E-state index is 10.4. The minimum absolute atomic E-state index is 0.144. The van der Waals surface area contributed by atoms with Crippen molar-refractivity contribution in [2.45, 2.75) is 25.4 Å². The number of aromatic nitrogens is 1. The van der Waals surface area contributed by atoms with Crippen LogP contribution < -0.4 is 5.73 Å². The fourth-order valence-electron chi connectivity index (χ4n) is 1.95. The van der Waals surface area contributed by atoms with Crippen LogP contribution in [0.3, 0.4) is 0 Å². The third-order valence-electron chi connectivity index (χ3n) is 3.03. The van der Waals surface area contributed by atoms with E-state index in [-0.39, 0.29) is 5.92 Å². The number of aryl methyl sites for hydroxylation is 1. The van der Waals surface area contributed by atoms with E-state index in [1.807, 2.05) is 24.3 Å². The molecular weight excluding hydrogens is 244 g/mol. The molecule has 2 aromatic heterocycles. The topological polar surface area (TPSA) is 59.1 Å². The Kier molecular flexibility index (Phi) is 4.47. The summed E-state index contributed by atoms with van der Waals surface area (Å²) in [6.07, 6.45) is 2.15. The number of aliphatic hydroxyl groups is 1. The maximum atomic E-state index is 10.4. The first-order valence-corrected chi connectivity index (χ1v) is 6.95. The van der Waals surface area contributed by atoms with Crippen LogP contribution in [0.15, 0.2) is 36.5 Å². The van der Waals surface area contributed by atoms with Gasteiger partial charge in [0.15, 0.2) is 0 Å². The molecule has 0 radical (unpaired) electrons. The number of hydrogen-bond donors (Lipinski definition) is 2. The molecule has 2 heterocycles. The van der Waals surface area contributed by atoms with Gasteiger partial charge in [0, 0.05) is 34.1 Å². The predicted molar refractivity (Wildman–Crippen MR) is 74.7 cm³/mol. The van der Waals surface area contributed by atoms with E-state index in [0.29, 0.717) is 6.54 Å². The predicted octanol–water partition coefficient (Wildman–Crippen LogP) is 2.48. The van der Waals surface area contributed by atoms with Crippen LogP contribution >= 0.6 is 11.3 Å². The first-order valence-electron chi connectivity index (χ1n) is 6.14. The van der Waals surface area contributed by atoms with Crippen LogP contribution in [-0.4, -0.2) is 16.6 Å². The van der Waals surface area contributed by atoms with Crippen molar-refractivity contribution in [1.29, 1.82) is 0 Å². The van der Waals surface area contributed by atoms with Gasteiger partial charge in [-0.25, -0.2) is 0 Å². The molecule has 3 N–H and O–H groups in total. The lowest BCUT2D eigenvalue weighted by molar-refractivity contribution is 0.149. The summed E-state index contributed by atoms with van der Waals surface area (Å²) in [4.78, 5) is 6.53. The zero-order valence-electron chi connectivity index (χ0n) is 10.4. The first-order chi connectivity index (χ1) is 8.76. The highest BCUT2D eigenvalue weighted by Gasteiger charge is 2.23. The summed E-state index contributed by atoms with van der Waals surface area (Å²) in [7, 11) is 0. The minimum atomic E-state index is -0.574. The van der Waals surface area contributed by atoms with Gasteiger partial charge in [-0.3, -0.25) is 4.98 Å². The van der Waals surface area contributed by atoms with E-state index < -0.39 is 6.10 Å². The average Bonchev–Trinajstić information content (AvgIpc) is 2.89. The van der Waals surface area contributed by atoms with Crippen molar-refractivity contribution in [3.8, 4) is 0 Å². The zero-order valence-corrected chi connectivity index (χ0v) is 11.2. The monoisotopic (exact) mass is 262 g/mol. The second-order valence-electron chi connectivity index (χ2n) is 4.20.